The van der Waals surface area contributed by atoms with E-state index in [1.54, 1.807) is 0 Å². The Morgan fingerprint density at radius 2 is 1.69 bits per heavy atom. The van der Waals surface area contributed by atoms with E-state index >= 15 is 0 Å². The molecule has 0 spiro atoms. The van der Waals surface area contributed by atoms with Gasteiger partial charge in [0.2, 0.25) is 0 Å². The van der Waals surface area contributed by atoms with Crippen LogP contribution in [-0.2, 0) is 0 Å². The second kappa shape index (κ2) is 5.04. The van der Waals surface area contributed by atoms with E-state index in [-0.39, 0.29) is 6.03 Å². The number of urea groups is 1. The van der Waals surface area contributed by atoms with Gasteiger partial charge in [-0.25, -0.2) is 4.79 Å². The Morgan fingerprint density at radius 3 is 2.12 bits per heavy atom. The molecule has 1 aliphatic carbocycles. The maximum Gasteiger partial charge on any atom is 0.320 e. The summed E-state index contributed by atoms with van der Waals surface area (Å²) in [7, 11) is 0. The van der Waals surface area contributed by atoms with Gasteiger partial charge >= 0.3 is 6.03 Å². The molecule has 1 heterocycles. The van der Waals surface area contributed by atoms with Crippen molar-refractivity contribution in [1.29, 1.82) is 0 Å². The first-order chi connectivity index (χ1) is 7.76. The standard InChI is InChI=1S/C12H23N3O/c1-3-13(4-2)12(16)15-9-7-14(8-10-15)11-5-6-11/h11H,3-10H2,1-2H3. The van der Waals surface area contributed by atoms with E-state index in [4.69, 9.17) is 0 Å². The molecule has 1 saturated carbocycles. The Labute approximate surface area is 98.2 Å². The first-order valence-corrected chi connectivity index (χ1v) is 6.54. The Kier molecular flexibility index (Phi) is 3.69. The first-order valence-electron chi connectivity index (χ1n) is 6.54. The number of hydrogen-bond acceptors (Lipinski definition) is 2. The van der Waals surface area contributed by atoms with Crippen molar-refractivity contribution in [2.24, 2.45) is 0 Å². The lowest BCUT2D eigenvalue weighted by molar-refractivity contribution is 0.112. The molecule has 0 aromatic rings. The van der Waals surface area contributed by atoms with Gasteiger partial charge in [0, 0.05) is 45.3 Å². The summed E-state index contributed by atoms with van der Waals surface area (Å²) in [6, 6.07) is 1.06. The highest BCUT2D eigenvalue weighted by atomic mass is 16.2. The normalized spacial score (nSPS) is 22.2. The van der Waals surface area contributed by atoms with Gasteiger partial charge in [0.15, 0.2) is 0 Å². The molecule has 2 amide bonds. The van der Waals surface area contributed by atoms with Gasteiger partial charge in [0.1, 0.15) is 0 Å². The van der Waals surface area contributed by atoms with Crippen LogP contribution < -0.4 is 0 Å². The number of piperazine rings is 1. The molecule has 2 rings (SSSR count). The van der Waals surface area contributed by atoms with Crippen LogP contribution in [0.15, 0.2) is 0 Å². The largest absolute Gasteiger partial charge is 0.325 e. The van der Waals surface area contributed by atoms with E-state index in [9.17, 15) is 4.79 Å². The van der Waals surface area contributed by atoms with Crippen molar-refractivity contribution in [3.63, 3.8) is 0 Å². The van der Waals surface area contributed by atoms with Gasteiger partial charge in [-0.15, -0.1) is 0 Å². The predicted molar refractivity (Wildman–Crippen MR) is 64.5 cm³/mol. The maximum absolute atomic E-state index is 12.1. The summed E-state index contributed by atoms with van der Waals surface area (Å²) in [6.07, 6.45) is 2.73. The van der Waals surface area contributed by atoms with E-state index < -0.39 is 0 Å². The molecule has 2 fully saturated rings. The molecule has 1 aliphatic heterocycles. The number of hydrogen-bond donors (Lipinski definition) is 0. The Balaban J connectivity index is 1.80. The molecule has 0 aromatic heterocycles. The highest BCUT2D eigenvalue weighted by Gasteiger charge is 2.32. The second-order valence-corrected chi connectivity index (χ2v) is 4.71. The molecule has 92 valence electrons. The Morgan fingerprint density at radius 1 is 1.12 bits per heavy atom. The second-order valence-electron chi connectivity index (χ2n) is 4.71. The van der Waals surface area contributed by atoms with Crippen LogP contribution in [-0.4, -0.2) is 66.0 Å². The van der Waals surface area contributed by atoms with Gasteiger partial charge in [-0.05, 0) is 26.7 Å². The Hall–Kier alpha value is -0.770. The summed E-state index contributed by atoms with van der Waals surface area (Å²) >= 11 is 0. The fourth-order valence-electron chi connectivity index (χ4n) is 2.41. The van der Waals surface area contributed by atoms with Crippen LogP contribution in [0.3, 0.4) is 0 Å². The van der Waals surface area contributed by atoms with Gasteiger partial charge in [-0.3, -0.25) is 4.90 Å². The summed E-state index contributed by atoms with van der Waals surface area (Å²) in [4.78, 5) is 18.5. The van der Waals surface area contributed by atoms with Gasteiger partial charge in [-0.1, -0.05) is 0 Å². The average molecular weight is 225 g/mol. The lowest BCUT2D eigenvalue weighted by Crippen LogP contribution is -2.53. The minimum Gasteiger partial charge on any atom is -0.325 e. The quantitative estimate of drug-likeness (QED) is 0.722. The van der Waals surface area contributed by atoms with Gasteiger partial charge in [0.05, 0.1) is 0 Å². The molecule has 16 heavy (non-hydrogen) atoms. The molecule has 0 unspecified atom stereocenters. The van der Waals surface area contributed by atoms with Crippen molar-refractivity contribution < 1.29 is 4.79 Å². The highest BCUT2D eigenvalue weighted by Crippen LogP contribution is 2.27. The molecule has 4 nitrogen and oxygen atoms in total. The van der Waals surface area contributed by atoms with Crippen LogP contribution in [0.5, 0.6) is 0 Å². The lowest BCUT2D eigenvalue weighted by Gasteiger charge is -2.37. The van der Waals surface area contributed by atoms with Crippen molar-refractivity contribution in [3.8, 4) is 0 Å². The lowest BCUT2D eigenvalue weighted by atomic mass is 10.3. The molecule has 0 atom stereocenters. The van der Waals surface area contributed by atoms with Gasteiger partial charge in [0.25, 0.3) is 0 Å². The number of carbonyl (C=O) groups is 1. The van der Waals surface area contributed by atoms with E-state index in [1.807, 2.05) is 23.6 Å². The average Bonchev–Trinajstić information content (AvgIpc) is 3.15. The summed E-state index contributed by atoms with van der Waals surface area (Å²) in [5.41, 5.74) is 0. The molecule has 0 radical (unpaired) electrons. The molecule has 0 aromatic carbocycles. The van der Waals surface area contributed by atoms with E-state index in [2.05, 4.69) is 4.90 Å². The van der Waals surface area contributed by atoms with Crippen molar-refractivity contribution in [1.82, 2.24) is 14.7 Å². The van der Waals surface area contributed by atoms with Crippen molar-refractivity contribution in [2.75, 3.05) is 39.3 Å². The topological polar surface area (TPSA) is 26.8 Å². The minimum absolute atomic E-state index is 0.223. The molecule has 4 heteroatoms. The summed E-state index contributed by atoms with van der Waals surface area (Å²) in [5, 5.41) is 0. The van der Waals surface area contributed by atoms with Crippen LogP contribution in [0.4, 0.5) is 4.79 Å². The van der Waals surface area contributed by atoms with Crippen molar-refractivity contribution >= 4 is 6.03 Å². The zero-order valence-corrected chi connectivity index (χ0v) is 10.5. The van der Waals surface area contributed by atoms with E-state index in [1.165, 1.54) is 12.8 Å². The highest BCUT2D eigenvalue weighted by molar-refractivity contribution is 5.74. The van der Waals surface area contributed by atoms with Crippen LogP contribution in [0, 0.1) is 0 Å². The predicted octanol–water partition coefficient (Wildman–Crippen LogP) is 1.23. The van der Waals surface area contributed by atoms with Crippen LogP contribution in [0.1, 0.15) is 26.7 Å². The smallest absolute Gasteiger partial charge is 0.320 e. The van der Waals surface area contributed by atoms with Crippen molar-refractivity contribution in [3.05, 3.63) is 0 Å². The Bertz CT molecular complexity index is 241. The number of amides is 2. The third-order valence-corrected chi connectivity index (χ3v) is 3.68. The van der Waals surface area contributed by atoms with Gasteiger partial charge in [-0.2, -0.15) is 0 Å². The van der Waals surface area contributed by atoms with Crippen LogP contribution in [0.2, 0.25) is 0 Å². The summed E-state index contributed by atoms with van der Waals surface area (Å²) < 4.78 is 0. The molecular weight excluding hydrogens is 202 g/mol. The van der Waals surface area contributed by atoms with Crippen LogP contribution in [0.25, 0.3) is 0 Å². The summed E-state index contributed by atoms with van der Waals surface area (Å²) in [6.45, 7) is 9.67. The first kappa shape index (κ1) is 11.7. The van der Waals surface area contributed by atoms with Crippen molar-refractivity contribution in [2.45, 2.75) is 32.7 Å². The fourth-order valence-corrected chi connectivity index (χ4v) is 2.41. The molecule has 0 bridgehead atoms. The minimum atomic E-state index is 0.223. The van der Waals surface area contributed by atoms with Crippen LogP contribution >= 0.6 is 0 Å². The molecule has 0 N–H and O–H groups in total. The monoisotopic (exact) mass is 225 g/mol. The molecule has 1 saturated heterocycles. The number of rotatable bonds is 3. The zero-order chi connectivity index (χ0) is 11.5. The number of carbonyl (C=O) groups excluding carboxylic acids is 1. The zero-order valence-electron chi connectivity index (χ0n) is 10.5. The van der Waals surface area contributed by atoms with Gasteiger partial charge < -0.3 is 9.80 Å². The fraction of sp³-hybridized carbons (Fsp3) is 0.917. The van der Waals surface area contributed by atoms with E-state index in [0.717, 1.165) is 45.3 Å². The third-order valence-electron chi connectivity index (χ3n) is 3.68. The third kappa shape index (κ3) is 2.48. The maximum atomic E-state index is 12.1. The van der Waals surface area contributed by atoms with E-state index in [0.29, 0.717) is 0 Å². The number of nitrogens with zero attached hydrogens (tertiary/aromatic N) is 3. The molecule has 2 aliphatic rings. The SMILES string of the molecule is CCN(CC)C(=O)N1CCN(C2CC2)CC1. The summed E-state index contributed by atoms with van der Waals surface area (Å²) in [5.74, 6) is 0. The molecular formula is C12H23N3O.